The molecule has 3 rings (SSSR count). The first kappa shape index (κ1) is 22.6. The van der Waals surface area contributed by atoms with Gasteiger partial charge in [-0.25, -0.2) is 9.59 Å². The Hall–Kier alpha value is -2.12. The van der Waals surface area contributed by atoms with Crippen LogP contribution in [0.5, 0.6) is 0 Å². The molecule has 0 radical (unpaired) electrons. The summed E-state index contributed by atoms with van der Waals surface area (Å²) in [6, 6.07) is 13.4. The van der Waals surface area contributed by atoms with Crippen LogP contribution in [0.3, 0.4) is 0 Å². The zero-order valence-corrected chi connectivity index (χ0v) is 19.0. The molecule has 3 aromatic carbocycles. The Morgan fingerprint density at radius 2 is 1.03 bits per heavy atom. The quantitative estimate of drug-likeness (QED) is 0.386. The van der Waals surface area contributed by atoms with Gasteiger partial charge in [-0.3, -0.25) is 0 Å². The predicted molar refractivity (Wildman–Crippen MR) is 121 cm³/mol. The number of carboxylic acid groups (broad SMARTS) is 2. The minimum Gasteiger partial charge on any atom is -0.478 e. The molecule has 0 aliphatic carbocycles. The third kappa shape index (κ3) is 5.13. The van der Waals surface area contributed by atoms with Crippen LogP contribution in [0.4, 0.5) is 0 Å². The van der Waals surface area contributed by atoms with Crippen molar-refractivity contribution in [3.8, 4) is 0 Å². The van der Waals surface area contributed by atoms with Crippen LogP contribution in [0.15, 0.2) is 68.1 Å². The molecular weight excluding hydrogens is 463 g/mol. The number of halogens is 2. The summed E-state index contributed by atoms with van der Waals surface area (Å²) in [7, 11) is 0. The first-order chi connectivity index (χ1) is 14.2. The minimum atomic E-state index is -1.13. The number of hydrogen-bond acceptors (Lipinski definition) is 4. The van der Waals surface area contributed by atoms with Crippen molar-refractivity contribution in [1.82, 2.24) is 0 Å². The van der Waals surface area contributed by atoms with Crippen LogP contribution in [0, 0.1) is 13.8 Å². The molecule has 0 heterocycles. The van der Waals surface area contributed by atoms with Gasteiger partial charge in [-0.1, -0.05) is 46.7 Å². The van der Waals surface area contributed by atoms with Crippen molar-refractivity contribution in [3.05, 3.63) is 80.8 Å². The second-order valence-corrected chi connectivity index (χ2v) is 9.52. The molecule has 0 unspecified atom stereocenters. The lowest BCUT2D eigenvalue weighted by molar-refractivity contribution is 0.0675. The molecule has 0 spiro atoms. The van der Waals surface area contributed by atoms with Crippen LogP contribution in [0.25, 0.3) is 0 Å². The van der Waals surface area contributed by atoms with E-state index in [1.54, 1.807) is 36.4 Å². The summed E-state index contributed by atoms with van der Waals surface area (Å²) in [4.78, 5) is 26.2. The second kappa shape index (κ2) is 9.35. The third-order valence-electron chi connectivity index (χ3n) is 4.26. The van der Waals surface area contributed by atoms with E-state index in [4.69, 9.17) is 23.2 Å². The third-order valence-corrected chi connectivity index (χ3v) is 7.20. The molecule has 0 fully saturated rings. The highest BCUT2D eigenvalue weighted by molar-refractivity contribution is 8.00. The summed E-state index contributed by atoms with van der Waals surface area (Å²) in [5.74, 6) is -2.26. The van der Waals surface area contributed by atoms with Crippen molar-refractivity contribution in [3.63, 3.8) is 0 Å². The average molecular weight is 479 g/mol. The highest BCUT2D eigenvalue weighted by Gasteiger charge is 2.21. The molecule has 0 saturated carbocycles. The Morgan fingerprint density at radius 3 is 1.33 bits per heavy atom. The van der Waals surface area contributed by atoms with Gasteiger partial charge in [0, 0.05) is 29.6 Å². The number of benzene rings is 3. The summed E-state index contributed by atoms with van der Waals surface area (Å²) in [5.41, 5.74) is 1.81. The normalized spacial score (nSPS) is 10.8. The average Bonchev–Trinajstić information content (AvgIpc) is 2.66. The number of aromatic carboxylic acids is 2. The molecule has 0 aliphatic rings. The highest BCUT2D eigenvalue weighted by Crippen LogP contribution is 2.40. The van der Waals surface area contributed by atoms with E-state index in [2.05, 4.69) is 0 Å². The van der Waals surface area contributed by atoms with Crippen molar-refractivity contribution in [2.75, 3.05) is 0 Å². The maximum atomic E-state index is 11.9. The van der Waals surface area contributed by atoms with Gasteiger partial charge in [0.05, 0.1) is 11.1 Å². The fourth-order valence-corrected chi connectivity index (χ4v) is 5.26. The van der Waals surface area contributed by atoms with Crippen LogP contribution in [0.2, 0.25) is 10.0 Å². The lowest BCUT2D eigenvalue weighted by Crippen LogP contribution is -2.05. The van der Waals surface area contributed by atoms with Gasteiger partial charge in [-0.2, -0.15) is 0 Å². The summed E-state index contributed by atoms with van der Waals surface area (Å²) >= 11 is 14.4. The maximum Gasteiger partial charge on any atom is 0.336 e. The van der Waals surface area contributed by atoms with E-state index in [0.29, 0.717) is 19.8 Å². The summed E-state index contributed by atoms with van der Waals surface area (Å²) in [5, 5.41) is 20.7. The Kier molecular flexibility index (Phi) is 7.03. The summed E-state index contributed by atoms with van der Waals surface area (Å²) in [6.07, 6.45) is 0. The first-order valence-corrected chi connectivity index (χ1v) is 11.1. The lowest BCUT2D eigenvalue weighted by Gasteiger charge is -2.14. The molecule has 0 bridgehead atoms. The minimum absolute atomic E-state index is 0.0356. The van der Waals surface area contributed by atoms with E-state index in [1.165, 1.54) is 35.7 Å². The Balaban J connectivity index is 2.09. The molecule has 2 N–H and O–H groups in total. The molecule has 0 amide bonds. The molecule has 4 nitrogen and oxygen atoms in total. The van der Waals surface area contributed by atoms with E-state index in [0.717, 1.165) is 20.9 Å². The van der Waals surface area contributed by atoms with Crippen molar-refractivity contribution < 1.29 is 19.8 Å². The molecule has 154 valence electrons. The summed E-state index contributed by atoms with van der Waals surface area (Å²) in [6.45, 7) is 3.72. The maximum absolute atomic E-state index is 11.9. The number of carbonyl (C=O) groups is 2. The second-order valence-electron chi connectivity index (χ2n) is 6.48. The Morgan fingerprint density at radius 1 is 0.667 bits per heavy atom. The fraction of sp³-hybridized carbons (Fsp3) is 0.0909. The number of aryl methyl sites for hydroxylation is 2. The van der Waals surface area contributed by atoms with Gasteiger partial charge in [0.2, 0.25) is 0 Å². The highest BCUT2D eigenvalue weighted by atomic mass is 35.5. The van der Waals surface area contributed by atoms with Gasteiger partial charge < -0.3 is 10.2 Å². The fourth-order valence-electron chi connectivity index (χ4n) is 2.75. The molecule has 3 aromatic rings. The smallest absolute Gasteiger partial charge is 0.336 e. The zero-order chi connectivity index (χ0) is 22.0. The van der Waals surface area contributed by atoms with Crippen molar-refractivity contribution in [2.24, 2.45) is 0 Å². The van der Waals surface area contributed by atoms with Crippen LogP contribution in [-0.4, -0.2) is 22.2 Å². The molecule has 30 heavy (non-hydrogen) atoms. The summed E-state index contributed by atoms with van der Waals surface area (Å²) < 4.78 is 0. The van der Waals surface area contributed by atoms with E-state index in [1.807, 2.05) is 13.8 Å². The number of rotatable bonds is 6. The lowest BCUT2D eigenvalue weighted by atomic mass is 10.1. The van der Waals surface area contributed by atoms with Gasteiger partial charge in [0.15, 0.2) is 0 Å². The van der Waals surface area contributed by atoms with E-state index >= 15 is 0 Å². The SMILES string of the molecule is Cc1cc(Cl)ccc1Sc1cc(C(=O)O)c(Sc2ccc(Cl)cc2C)cc1C(=O)O. The Labute approximate surface area is 192 Å². The van der Waals surface area contributed by atoms with E-state index in [9.17, 15) is 19.8 Å². The van der Waals surface area contributed by atoms with Crippen molar-refractivity contribution >= 4 is 58.7 Å². The largest absolute Gasteiger partial charge is 0.478 e. The van der Waals surface area contributed by atoms with Crippen LogP contribution >= 0.6 is 46.7 Å². The topological polar surface area (TPSA) is 74.6 Å². The first-order valence-electron chi connectivity index (χ1n) is 8.68. The van der Waals surface area contributed by atoms with Gasteiger partial charge in [0.1, 0.15) is 0 Å². The van der Waals surface area contributed by atoms with Gasteiger partial charge >= 0.3 is 11.9 Å². The number of hydrogen-bond donors (Lipinski definition) is 2. The van der Waals surface area contributed by atoms with Crippen LogP contribution in [-0.2, 0) is 0 Å². The standard InChI is InChI=1S/C22H16Cl2O4S2/c1-11-7-13(23)3-5-17(11)29-19-9-16(22(27)28)20(10-15(19)21(25)26)30-18-6-4-14(24)8-12(18)2/h3-10H,1-2H3,(H,25,26)(H,27,28). The molecule has 0 atom stereocenters. The molecule has 0 aliphatic heterocycles. The van der Waals surface area contributed by atoms with Crippen molar-refractivity contribution in [2.45, 2.75) is 33.4 Å². The van der Waals surface area contributed by atoms with E-state index < -0.39 is 11.9 Å². The van der Waals surface area contributed by atoms with Crippen LogP contribution < -0.4 is 0 Å². The predicted octanol–water partition coefficient (Wildman–Crippen LogP) is 7.31. The monoisotopic (exact) mass is 478 g/mol. The Bertz CT molecular complexity index is 1070. The molecule has 0 aromatic heterocycles. The van der Waals surface area contributed by atoms with Crippen molar-refractivity contribution in [1.29, 1.82) is 0 Å². The van der Waals surface area contributed by atoms with Crippen LogP contribution in [0.1, 0.15) is 31.8 Å². The number of carboxylic acids is 2. The van der Waals surface area contributed by atoms with Gasteiger partial charge in [-0.05, 0) is 73.5 Å². The van der Waals surface area contributed by atoms with Gasteiger partial charge in [-0.15, -0.1) is 0 Å². The zero-order valence-electron chi connectivity index (χ0n) is 15.9. The molecular formula is C22H16Cl2O4S2. The molecule has 0 saturated heterocycles. The molecule has 8 heteroatoms. The van der Waals surface area contributed by atoms with Gasteiger partial charge in [0.25, 0.3) is 0 Å². The van der Waals surface area contributed by atoms with E-state index in [-0.39, 0.29) is 11.1 Å².